The van der Waals surface area contributed by atoms with Crippen LogP contribution < -0.4 is 21.7 Å². The molecule has 10 nitrogen and oxygen atoms in total. The number of nitrogens with zero attached hydrogens (tertiary/aromatic N) is 4. The van der Waals surface area contributed by atoms with E-state index in [1.807, 2.05) is 38.2 Å². The van der Waals surface area contributed by atoms with Crippen molar-refractivity contribution in [3.8, 4) is 0 Å². The molecule has 12 heteroatoms. The summed E-state index contributed by atoms with van der Waals surface area (Å²) >= 11 is 6.61. The molecule has 4 aromatic rings. The van der Waals surface area contributed by atoms with Crippen LogP contribution in [0.15, 0.2) is 63.4 Å². The number of carbonyl (C=O) groups excluding carboxylic acids is 1. The first kappa shape index (κ1) is 25.3. The van der Waals surface area contributed by atoms with Crippen molar-refractivity contribution >= 4 is 46.3 Å². The fraction of sp³-hybridized carbons (Fsp3) is 0.231. The molecule has 38 heavy (non-hydrogen) atoms. The Hall–Kier alpha value is -4.38. The highest BCUT2D eigenvalue weighted by Gasteiger charge is 2.31. The quantitative estimate of drug-likeness (QED) is 0.268. The number of allylic oxidation sites excluding steroid dienone is 1. The third kappa shape index (κ3) is 4.92. The van der Waals surface area contributed by atoms with Crippen molar-refractivity contribution in [3.63, 3.8) is 0 Å². The minimum absolute atomic E-state index is 0.0611. The van der Waals surface area contributed by atoms with Gasteiger partial charge in [0.05, 0.1) is 11.8 Å². The van der Waals surface area contributed by atoms with Gasteiger partial charge in [0, 0.05) is 41.1 Å². The summed E-state index contributed by atoms with van der Waals surface area (Å²) in [6, 6.07) is 7.61. The largest absolute Gasteiger partial charge is 0.421 e. The zero-order chi connectivity index (χ0) is 27.0. The second-order valence-corrected chi connectivity index (χ2v) is 9.32. The molecule has 5 rings (SSSR count). The molecule has 3 heterocycles. The van der Waals surface area contributed by atoms with Gasteiger partial charge in [-0.1, -0.05) is 23.7 Å². The van der Waals surface area contributed by atoms with Crippen molar-refractivity contribution in [3.05, 3.63) is 81.5 Å². The highest BCUT2D eigenvalue weighted by atomic mass is 35.5. The smallest absolute Gasteiger partial charge is 0.302 e. The number of benzene rings is 2. The maximum Gasteiger partial charge on any atom is 0.302 e. The number of nitrogens with two attached hydrogens (primary N) is 1. The van der Waals surface area contributed by atoms with E-state index in [1.165, 1.54) is 12.1 Å². The molecule has 1 amide bonds. The molecular formula is C26H26ClFN8O2. The molecule has 0 radical (unpaired) electrons. The van der Waals surface area contributed by atoms with E-state index in [9.17, 15) is 9.18 Å². The standard InChI is InChI=1S/C26H26ClFN8O2/c1-4-36-12-15(11-31-36)10-30-24(37)20-14(3)32-25(34-22(20)16-6-5-13(2)9-17(16)27)35-26-33-19-8-7-18(28)21(29)23(19)38-26/h5-9,11-12,22H,4,10,29H2,1-3H3,(H,30,37)(H2,32,33,34,35). The van der Waals surface area contributed by atoms with Crippen LogP contribution in [0.4, 0.5) is 16.1 Å². The lowest BCUT2D eigenvalue weighted by Gasteiger charge is -2.27. The van der Waals surface area contributed by atoms with Gasteiger partial charge >= 0.3 is 6.01 Å². The first-order valence-electron chi connectivity index (χ1n) is 12.0. The Morgan fingerprint density at radius 3 is 2.84 bits per heavy atom. The molecule has 1 aliphatic rings. The summed E-state index contributed by atoms with van der Waals surface area (Å²) in [5.41, 5.74) is 9.66. The van der Waals surface area contributed by atoms with E-state index < -0.39 is 11.9 Å². The predicted octanol–water partition coefficient (Wildman–Crippen LogP) is 4.43. The van der Waals surface area contributed by atoms with Crippen LogP contribution in [0.1, 0.15) is 36.6 Å². The zero-order valence-electron chi connectivity index (χ0n) is 21.0. The maximum atomic E-state index is 13.9. The number of amides is 1. The average Bonchev–Trinajstić information content (AvgIpc) is 3.51. The van der Waals surface area contributed by atoms with Crippen molar-refractivity contribution in [2.45, 2.75) is 39.9 Å². The summed E-state index contributed by atoms with van der Waals surface area (Å²) in [7, 11) is 0. The van der Waals surface area contributed by atoms with Crippen LogP contribution in [0.3, 0.4) is 0 Å². The third-order valence-corrected chi connectivity index (χ3v) is 6.50. The highest BCUT2D eigenvalue weighted by molar-refractivity contribution is 6.31. The highest BCUT2D eigenvalue weighted by Crippen LogP contribution is 2.36. The van der Waals surface area contributed by atoms with Gasteiger partial charge in [0.15, 0.2) is 5.58 Å². The molecule has 1 unspecified atom stereocenters. The number of hydrogen-bond acceptors (Lipinski definition) is 8. The second kappa shape index (κ2) is 10.2. The molecule has 2 aromatic carbocycles. The number of nitrogens with one attached hydrogen (secondary N) is 3. The van der Waals surface area contributed by atoms with E-state index in [0.717, 1.165) is 17.7 Å². The molecule has 0 saturated heterocycles. The number of aliphatic imine (C=N–C) groups is 1. The first-order chi connectivity index (χ1) is 18.2. The Morgan fingerprint density at radius 2 is 2.11 bits per heavy atom. The summed E-state index contributed by atoms with van der Waals surface area (Å²) in [4.78, 5) is 22.5. The number of guanidine groups is 1. The zero-order valence-corrected chi connectivity index (χ0v) is 21.7. The van der Waals surface area contributed by atoms with Gasteiger partial charge < -0.3 is 20.8 Å². The van der Waals surface area contributed by atoms with Crippen LogP contribution in [0.2, 0.25) is 5.02 Å². The Labute approximate surface area is 222 Å². The van der Waals surface area contributed by atoms with Gasteiger partial charge in [0.2, 0.25) is 5.96 Å². The van der Waals surface area contributed by atoms with Crippen molar-refractivity contribution in [2.24, 2.45) is 4.99 Å². The van der Waals surface area contributed by atoms with E-state index in [-0.39, 0.29) is 29.2 Å². The van der Waals surface area contributed by atoms with E-state index in [1.54, 1.807) is 17.8 Å². The fourth-order valence-electron chi connectivity index (χ4n) is 4.20. The van der Waals surface area contributed by atoms with Crippen molar-refractivity contribution in [1.29, 1.82) is 0 Å². The number of rotatable bonds is 6. The molecule has 0 fully saturated rings. The van der Waals surface area contributed by atoms with Gasteiger partial charge in [-0.25, -0.2) is 9.38 Å². The van der Waals surface area contributed by atoms with Gasteiger partial charge in [0.1, 0.15) is 23.1 Å². The van der Waals surface area contributed by atoms with E-state index in [2.05, 4.69) is 26.0 Å². The molecular weight excluding hydrogens is 511 g/mol. The minimum Gasteiger partial charge on any atom is -0.421 e. The molecule has 0 bridgehead atoms. The van der Waals surface area contributed by atoms with Crippen molar-refractivity contribution in [1.82, 2.24) is 25.4 Å². The number of anilines is 2. The van der Waals surface area contributed by atoms with Crippen LogP contribution in [0.25, 0.3) is 11.1 Å². The first-order valence-corrected chi connectivity index (χ1v) is 12.3. The molecule has 5 N–H and O–H groups in total. The summed E-state index contributed by atoms with van der Waals surface area (Å²) in [5.74, 6) is -0.622. The Bertz CT molecular complexity index is 1610. The monoisotopic (exact) mass is 536 g/mol. The van der Waals surface area contributed by atoms with Gasteiger partial charge in [-0.15, -0.1) is 0 Å². The Kier molecular flexibility index (Phi) is 6.77. The lowest BCUT2D eigenvalue weighted by molar-refractivity contribution is -0.118. The lowest BCUT2D eigenvalue weighted by Crippen LogP contribution is -2.39. The number of aromatic nitrogens is 3. The van der Waals surface area contributed by atoms with Gasteiger partial charge in [-0.05, 0) is 44.5 Å². The average molecular weight is 537 g/mol. The van der Waals surface area contributed by atoms with E-state index in [4.69, 9.17) is 26.7 Å². The van der Waals surface area contributed by atoms with Gasteiger partial charge in [-0.2, -0.15) is 10.1 Å². The molecule has 0 spiro atoms. The third-order valence-electron chi connectivity index (χ3n) is 6.17. The van der Waals surface area contributed by atoms with Crippen LogP contribution in [-0.4, -0.2) is 26.6 Å². The second-order valence-electron chi connectivity index (χ2n) is 8.91. The number of fused-ring (bicyclic) bond motifs is 1. The lowest BCUT2D eigenvalue weighted by atomic mass is 9.95. The van der Waals surface area contributed by atoms with Gasteiger partial charge in [0.25, 0.3) is 5.91 Å². The maximum absolute atomic E-state index is 13.9. The Balaban J connectivity index is 1.45. The minimum atomic E-state index is -0.725. The molecule has 1 atom stereocenters. The fourth-order valence-corrected chi connectivity index (χ4v) is 4.54. The number of aryl methyl sites for hydroxylation is 2. The summed E-state index contributed by atoms with van der Waals surface area (Å²) in [6.07, 6.45) is 3.60. The van der Waals surface area contributed by atoms with Gasteiger partial charge in [-0.3, -0.25) is 14.8 Å². The number of carbonyl (C=O) groups is 1. The van der Waals surface area contributed by atoms with E-state index >= 15 is 0 Å². The Morgan fingerprint density at radius 1 is 1.29 bits per heavy atom. The molecule has 0 saturated carbocycles. The van der Waals surface area contributed by atoms with Crippen LogP contribution in [0.5, 0.6) is 0 Å². The van der Waals surface area contributed by atoms with Crippen LogP contribution >= 0.6 is 11.6 Å². The number of hydrogen-bond donors (Lipinski definition) is 4. The normalized spacial score (nSPS) is 15.4. The summed E-state index contributed by atoms with van der Waals surface area (Å²) in [5, 5.41) is 13.8. The van der Waals surface area contributed by atoms with E-state index in [0.29, 0.717) is 33.9 Å². The molecule has 0 aliphatic carbocycles. The molecule has 196 valence electrons. The number of halogens is 2. The number of nitrogen functional groups attached to an aromatic ring is 1. The van der Waals surface area contributed by atoms with Crippen molar-refractivity contribution < 1.29 is 13.6 Å². The SMILES string of the molecule is CCn1cc(CNC(=O)C2=C(C)NC(Nc3nc4ccc(F)c(N)c4o3)=NC2c2ccc(C)cc2Cl)cn1. The summed E-state index contributed by atoms with van der Waals surface area (Å²) in [6.45, 7) is 6.74. The van der Waals surface area contributed by atoms with Crippen molar-refractivity contribution in [2.75, 3.05) is 11.1 Å². The summed E-state index contributed by atoms with van der Waals surface area (Å²) < 4.78 is 21.3. The molecule has 1 aliphatic heterocycles. The topological polar surface area (TPSA) is 135 Å². The van der Waals surface area contributed by atoms with Crippen LogP contribution in [0, 0.1) is 12.7 Å². The number of oxazole rings is 1. The predicted molar refractivity (Wildman–Crippen MR) is 144 cm³/mol. The molecule has 2 aromatic heterocycles. The van der Waals surface area contributed by atoms with Crippen LogP contribution in [-0.2, 0) is 17.9 Å².